The zero-order chi connectivity index (χ0) is 12.1. The lowest BCUT2D eigenvalue weighted by molar-refractivity contribution is 0.340. The first-order valence-electron chi connectivity index (χ1n) is 5.73. The highest BCUT2D eigenvalue weighted by Gasteiger charge is 1.97. The summed E-state index contributed by atoms with van der Waals surface area (Å²) in [5.41, 5.74) is 2.10. The SMILES string of the molecule is CCOc1ccc(NCc2ccn(C)n2)cc1. The molecule has 0 saturated carbocycles. The number of nitrogens with one attached hydrogen (secondary N) is 1. The molecule has 1 aromatic carbocycles. The summed E-state index contributed by atoms with van der Waals surface area (Å²) in [5.74, 6) is 0.899. The van der Waals surface area contributed by atoms with Crippen molar-refractivity contribution in [2.24, 2.45) is 7.05 Å². The molecule has 4 nitrogen and oxygen atoms in total. The number of nitrogens with zero attached hydrogens (tertiary/aromatic N) is 2. The Morgan fingerprint density at radius 1 is 1.24 bits per heavy atom. The van der Waals surface area contributed by atoms with Gasteiger partial charge in [-0.1, -0.05) is 0 Å². The predicted octanol–water partition coefficient (Wildman–Crippen LogP) is 2.43. The number of hydrogen-bond donors (Lipinski definition) is 1. The molecule has 0 radical (unpaired) electrons. The zero-order valence-corrected chi connectivity index (χ0v) is 10.2. The molecule has 0 fully saturated rings. The molecule has 0 bridgehead atoms. The lowest BCUT2D eigenvalue weighted by Crippen LogP contribution is -2.01. The van der Waals surface area contributed by atoms with E-state index in [1.54, 1.807) is 4.68 Å². The zero-order valence-electron chi connectivity index (χ0n) is 10.2. The first-order valence-corrected chi connectivity index (χ1v) is 5.73. The van der Waals surface area contributed by atoms with Crippen LogP contribution in [-0.2, 0) is 13.6 Å². The minimum Gasteiger partial charge on any atom is -0.494 e. The fraction of sp³-hybridized carbons (Fsp3) is 0.308. The van der Waals surface area contributed by atoms with Crippen LogP contribution in [0.25, 0.3) is 0 Å². The summed E-state index contributed by atoms with van der Waals surface area (Å²) in [4.78, 5) is 0. The van der Waals surface area contributed by atoms with Crippen LogP contribution in [0, 0.1) is 0 Å². The fourth-order valence-electron chi connectivity index (χ4n) is 1.59. The Kier molecular flexibility index (Phi) is 3.65. The summed E-state index contributed by atoms with van der Waals surface area (Å²) in [5, 5.41) is 7.61. The second-order valence-electron chi connectivity index (χ2n) is 3.79. The normalized spacial score (nSPS) is 10.2. The number of anilines is 1. The van der Waals surface area contributed by atoms with E-state index < -0.39 is 0 Å². The average Bonchev–Trinajstić information content (AvgIpc) is 2.75. The average molecular weight is 231 g/mol. The van der Waals surface area contributed by atoms with Crippen molar-refractivity contribution in [3.8, 4) is 5.75 Å². The van der Waals surface area contributed by atoms with Gasteiger partial charge in [0.15, 0.2) is 0 Å². The molecule has 0 spiro atoms. The second-order valence-corrected chi connectivity index (χ2v) is 3.79. The van der Waals surface area contributed by atoms with Gasteiger partial charge in [-0.15, -0.1) is 0 Å². The van der Waals surface area contributed by atoms with Crippen LogP contribution in [0.5, 0.6) is 5.75 Å². The Balaban J connectivity index is 1.90. The Bertz CT molecular complexity index is 462. The van der Waals surface area contributed by atoms with Crippen LogP contribution in [0.3, 0.4) is 0 Å². The summed E-state index contributed by atoms with van der Waals surface area (Å²) in [6, 6.07) is 9.94. The van der Waals surface area contributed by atoms with E-state index in [4.69, 9.17) is 4.74 Å². The number of aromatic nitrogens is 2. The van der Waals surface area contributed by atoms with Crippen LogP contribution < -0.4 is 10.1 Å². The fourth-order valence-corrected chi connectivity index (χ4v) is 1.59. The van der Waals surface area contributed by atoms with Crippen molar-refractivity contribution in [1.29, 1.82) is 0 Å². The molecule has 1 aromatic heterocycles. The van der Waals surface area contributed by atoms with E-state index in [9.17, 15) is 0 Å². The summed E-state index contributed by atoms with van der Waals surface area (Å²) in [6.07, 6.45) is 1.94. The van der Waals surface area contributed by atoms with E-state index in [0.29, 0.717) is 6.61 Å². The molecule has 2 rings (SSSR count). The Labute approximate surface area is 101 Å². The highest BCUT2D eigenvalue weighted by molar-refractivity contribution is 5.46. The molecule has 2 aromatic rings. The Morgan fingerprint density at radius 3 is 2.59 bits per heavy atom. The van der Waals surface area contributed by atoms with Gasteiger partial charge in [0.2, 0.25) is 0 Å². The Morgan fingerprint density at radius 2 is 2.00 bits per heavy atom. The van der Waals surface area contributed by atoms with Crippen LogP contribution in [-0.4, -0.2) is 16.4 Å². The van der Waals surface area contributed by atoms with Crippen LogP contribution in [0.4, 0.5) is 5.69 Å². The summed E-state index contributed by atoms with van der Waals surface area (Å²) in [6.45, 7) is 3.41. The van der Waals surface area contributed by atoms with Gasteiger partial charge >= 0.3 is 0 Å². The smallest absolute Gasteiger partial charge is 0.119 e. The van der Waals surface area contributed by atoms with Gasteiger partial charge in [0.05, 0.1) is 18.8 Å². The molecular weight excluding hydrogens is 214 g/mol. The monoisotopic (exact) mass is 231 g/mol. The minimum absolute atomic E-state index is 0.695. The molecule has 4 heteroatoms. The maximum absolute atomic E-state index is 5.38. The van der Waals surface area contributed by atoms with Crippen molar-refractivity contribution >= 4 is 5.69 Å². The number of hydrogen-bond acceptors (Lipinski definition) is 3. The highest BCUT2D eigenvalue weighted by atomic mass is 16.5. The molecular formula is C13H17N3O. The minimum atomic E-state index is 0.695. The maximum atomic E-state index is 5.38. The van der Waals surface area contributed by atoms with Gasteiger partial charge in [0.25, 0.3) is 0 Å². The molecule has 0 unspecified atom stereocenters. The van der Waals surface area contributed by atoms with Crippen molar-refractivity contribution in [2.45, 2.75) is 13.5 Å². The lowest BCUT2D eigenvalue weighted by atomic mass is 10.3. The van der Waals surface area contributed by atoms with Gasteiger partial charge < -0.3 is 10.1 Å². The first-order chi connectivity index (χ1) is 8.28. The number of benzene rings is 1. The second kappa shape index (κ2) is 5.39. The number of aryl methyl sites for hydroxylation is 1. The van der Waals surface area contributed by atoms with Gasteiger partial charge in [0.1, 0.15) is 5.75 Å². The molecule has 0 aliphatic carbocycles. The van der Waals surface area contributed by atoms with Crippen LogP contribution in [0.1, 0.15) is 12.6 Å². The van der Waals surface area contributed by atoms with Crippen molar-refractivity contribution in [1.82, 2.24) is 9.78 Å². The van der Waals surface area contributed by atoms with Gasteiger partial charge in [-0.05, 0) is 37.3 Å². The van der Waals surface area contributed by atoms with Gasteiger partial charge in [-0.3, -0.25) is 4.68 Å². The van der Waals surface area contributed by atoms with Crippen molar-refractivity contribution < 1.29 is 4.74 Å². The third kappa shape index (κ3) is 3.24. The topological polar surface area (TPSA) is 39.1 Å². The molecule has 0 aliphatic heterocycles. The molecule has 90 valence electrons. The van der Waals surface area contributed by atoms with E-state index in [0.717, 1.165) is 23.7 Å². The van der Waals surface area contributed by atoms with Crippen molar-refractivity contribution in [3.05, 3.63) is 42.2 Å². The van der Waals surface area contributed by atoms with Crippen LogP contribution in [0.15, 0.2) is 36.5 Å². The number of rotatable bonds is 5. The quantitative estimate of drug-likeness (QED) is 0.859. The van der Waals surface area contributed by atoms with E-state index in [1.807, 2.05) is 50.5 Å². The third-order valence-electron chi connectivity index (χ3n) is 2.41. The summed E-state index contributed by atoms with van der Waals surface area (Å²) >= 11 is 0. The van der Waals surface area contributed by atoms with E-state index in [2.05, 4.69) is 10.4 Å². The van der Waals surface area contributed by atoms with Crippen molar-refractivity contribution in [2.75, 3.05) is 11.9 Å². The molecule has 0 saturated heterocycles. The van der Waals surface area contributed by atoms with Gasteiger partial charge in [-0.2, -0.15) is 5.10 Å². The molecule has 0 aliphatic rings. The number of ether oxygens (including phenoxy) is 1. The lowest BCUT2D eigenvalue weighted by Gasteiger charge is -2.06. The summed E-state index contributed by atoms with van der Waals surface area (Å²) < 4.78 is 7.18. The Hall–Kier alpha value is -1.97. The third-order valence-corrected chi connectivity index (χ3v) is 2.41. The maximum Gasteiger partial charge on any atom is 0.119 e. The van der Waals surface area contributed by atoms with Crippen molar-refractivity contribution in [3.63, 3.8) is 0 Å². The van der Waals surface area contributed by atoms with Gasteiger partial charge in [0, 0.05) is 18.9 Å². The van der Waals surface area contributed by atoms with Crippen LogP contribution >= 0.6 is 0 Å². The standard InChI is InChI=1S/C13H17N3O/c1-3-17-13-6-4-11(5-7-13)14-10-12-8-9-16(2)15-12/h4-9,14H,3,10H2,1-2H3. The van der Waals surface area contributed by atoms with E-state index >= 15 is 0 Å². The molecule has 1 heterocycles. The largest absolute Gasteiger partial charge is 0.494 e. The molecule has 0 amide bonds. The highest BCUT2D eigenvalue weighted by Crippen LogP contribution is 2.16. The van der Waals surface area contributed by atoms with E-state index in [1.165, 1.54) is 0 Å². The van der Waals surface area contributed by atoms with Gasteiger partial charge in [-0.25, -0.2) is 0 Å². The predicted molar refractivity (Wildman–Crippen MR) is 68.1 cm³/mol. The molecule has 0 atom stereocenters. The molecule has 17 heavy (non-hydrogen) atoms. The first kappa shape index (κ1) is 11.5. The van der Waals surface area contributed by atoms with E-state index in [-0.39, 0.29) is 0 Å². The molecule has 1 N–H and O–H groups in total. The summed E-state index contributed by atoms with van der Waals surface area (Å²) in [7, 11) is 1.92. The van der Waals surface area contributed by atoms with Crippen LogP contribution in [0.2, 0.25) is 0 Å².